The van der Waals surface area contributed by atoms with Crippen molar-refractivity contribution < 1.29 is 15.3 Å². The quantitative estimate of drug-likeness (QED) is 0.331. The zero-order chi connectivity index (χ0) is 8.88. The van der Waals surface area contributed by atoms with E-state index in [-0.39, 0.29) is 12.1 Å². The molecule has 2 fully saturated rings. The van der Waals surface area contributed by atoms with Crippen molar-refractivity contribution >= 4 is 0 Å². The summed E-state index contributed by atoms with van der Waals surface area (Å²) >= 11 is 0. The number of aliphatic hydroxyl groups is 3. The van der Waals surface area contributed by atoms with Gasteiger partial charge in [0, 0.05) is 7.05 Å². The molecule has 2 rings (SSSR count). The molecule has 1 heterocycles. The molecule has 12 heavy (non-hydrogen) atoms. The average molecular weight is 174 g/mol. The van der Waals surface area contributed by atoms with Crippen molar-refractivity contribution in [1.29, 1.82) is 0 Å². The number of nitrogens with one attached hydrogen (secondary N) is 1. The number of hydrazine groups is 1. The van der Waals surface area contributed by atoms with E-state index in [4.69, 9.17) is 0 Å². The lowest BCUT2D eigenvalue weighted by Crippen LogP contribution is -2.53. The number of hydrogen-bond donors (Lipinski definition) is 4. The Balaban J connectivity index is 2.20. The van der Waals surface area contributed by atoms with Crippen LogP contribution in [0.5, 0.6) is 0 Å². The van der Waals surface area contributed by atoms with Gasteiger partial charge in [-0.15, -0.1) is 0 Å². The normalized spacial score (nSPS) is 54.5. The van der Waals surface area contributed by atoms with E-state index in [1.165, 1.54) is 0 Å². The van der Waals surface area contributed by atoms with Gasteiger partial charge in [0.15, 0.2) is 0 Å². The molecule has 2 bridgehead atoms. The molecular formula is C7H14N2O3. The zero-order valence-corrected chi connectivity index (χ0v) is 6.88. The Labute approximate surface area is 70.6 Å². The molecule has 5 nitrogen and oxygen atoms in total. The number of nitrogens with zero attached hydrogens (tertiary/aromatic N) is 1. The van der Waals surface area contributed by atoms with E-state index < -0.39 is 18.3 Å². The predicted octanol–water partition coefficient (Wildman–Crippen LogP) is -2.34. The molecule has 4 N–H and O–H groups in total. The molecule has 0 aromatic rings. The second kappa shape index (κ2) is 2.65. The third-order valence-electron chi connectivity index (χ3n) is 2.87. The van der Waals surface area contributed by atoms with E-state index in [9.17, 15) is 15.3 Å². The maximum Gasteiger partial charge on any atom is 0.109 e. The number of fused-ring (bicyclic) bond motifs is 2. The van der Waals surface area contributed by atoms with Gasteiger partial charge < -0.3 is 15.3 Å². The maximum absolute atomic E-state index is 9.51. The van der Waals surface area contributed by atoms with Crippen molar-refractivity contribution in [3.63, 3.8) is 0 Å². The van der Waals surface area contributed by atoms with Gasteiger partial charge in [-0.1, -0.05) is 0 Å². The molecule has 0 radical (unpaired) electrons. The van der Waals surface area contributed by atoms with Gasteiger partial charge in [-0.2, -0.15) is 0 Å². The van der Waals surface area contributed by atoms with E-state index in [2.05, 4.69) is 5.43 Å². The number of likely N-dealkylation sites (N-methyl/N-ethyl adjacent to an activating group) is 1. The minimum absolute atomic E-state index is 0.0756. The Morgan fingerprint density at radius 2 is 1.83 bits per heavy atom. The highest BCUT2D eigenvalue weighted by atomic mass is 16.4. The molecule has 0 amide bonds. The molecule has 0 spiro atoms. The Morgan fingerprint density at radius 3 is 2.50 bits per heavy atom. The summed E-state index contributed by atoms with van der Waals surface area (Å²) in [6.07, 6.45) is -2.04. The van der Waals surface area contributed by atoms with Crippen LogP contribution in [-0.2, 0) is 0 Å². The third kappa shape index (κ3) is 0.982. The van der Waals surface area contributed by atoms with Crippen LogP contribution in [0.2, 0.25) is 0 Å². The van der Waals surface area contributed by atoms with Gasteiger partial charge in [0.1, 0.15) is 6.10 Å². The Hall–Kier alpha value is -0.200. The lowest BCUT2D eigenvalue weighted by molar-refractivity contribution is -0.0959. The topological polar surface area (TPSA) is 76.0 Å². The standard InChI is InChI=1S/C7H14N2O3/c1-9-4-2-3(8-9)5(10)7(12)6(4)11/h3-8,10-12H,2H2,1H3. The maximum atomic E-state index is 9.51. The Morgan fingerprint density at radius 1 is 1.17 bits per heavy atom. The average Bonchev–Trinajstić information content (AvgIpc) is 2.39. The van der Waals surface area contributed by atoms with Crippen molar-refractivity contribution in [3.05, 3.63) is 0 Å². The van der Waals surface area contributed by atoms with E-state index in [1.807, 2.05) is 0 Å². The van der Waals surface area contributed by atoms with Crippen molar-refractivity contribution in [2.75, 3.05) is 7.05 Å². The van der Waals surface area contributed by atoms with Crippen molar-refractivity contribution in [3.8, 4) is 0 Å². The smallest absolute Gasteiger partial charge is 0.109 e. The monoisotopic (exact) mass is 174 g/mol. The summed E-state index contributed by atoms with van der Waals surface area (Å²) < 4.78 is 0. The molecular weight excluding hydrogens is 160 g/mol. The molecule has 5 unspecified atom stereocenters. The van der Waals surface area contributed by atoms with E-state index in [0.717, 1.165) is 0 Å². The molecule has 1 aliphatic heterocycles. The predicted molar refractivity (Wildman–Crippen MR) is 41.1 cm³/mol. The second-order valence-electron chi connectivity index (χ2n) is 3.62. The van der Waals surface area contributed by atoms with Crippen LogP contribution in [0.3, 0.4) is 0 Å². The summed E-state index contributed by atoms with van der Waals surface area (Å²) in [5, 5.41) is 30.1. The largest absolute Gasteiger partial charge is 0.389 e. The van der Waals surface area contributed by atoms with Crippen LogP contribution in [0.4, 0.5) is 0 Å². The summed E-state index contributed by atoms with van der Waals surface area (Å²) in [5.74, 6) is 0. The van der Waals surface area contributed by atoms with Gasteiger partial charge in [-0.3, -0.25) is 0 Å². The molecule has 0 aromatic heterocycles. The highest BCUT2D eigenvalue weighted by Crippen LogP contribution is 2.28. The summed E-state index contributed by atoms with van der Waals surface area (Å²) in [7, 11) is 1.80. The van der Waals surface area contributed by atoms with Crippen molar-refractivity contribution in [1.82, 2.24) is 10.4 Å². The van der Waals surface area contributed by atoms with Crippen LogP contribution in [0.1, 0.15) is 6.42 Å². The highest BCUT2D eigenvalue weighted by Gasteiger charge is 2.49. The first-order valence-corrected chi connectivity index (χ1v) is 4.14. The number of rotatable bonds is 0. The zero-order valence-electron chi connectivity index (χ0n) is 6.88. The lowest BCUT2D eigenvalue weighted by atomic mass is 9.86. The molecule has 5 atom stereocenters. The lowest BCUT2D eigenvalue weighted by Gasteiger charge is -2.33. The first-order chi connectivity index (χ1) is 5.61. The molecule has 70 valence electrons. The van der Waals surface area contributed by atoms with Crippen LogP contribution < -0.4 is 5.43 Å². The van der Waals surface area contributed by atoms with Crippen LogP contribution in [-0.4, -0.2) is 57.8 Å². The summed E-state index contributed by atoms with van der Waals surface area (Å²) in [5.41, 5.74) is 2.99. The van der Waals surface area contributed by atoms with Gasteiger partial charge in [0.2, 0.25) is 0 Å². The molecule has 1 aliphatic carbocycles. The van der Waals surface area contributed by atoms with Gasteiger partial charge in [0.25, 0.3) is 0 Å². The summed E-state index contributed by atoms with van der Waals surface area (Å²) in [4.78, 5) is 0. The Bertz CT molecular complexity index is 185. The van der Waals surface area contributed by atoms with E-state index >= 15 is 0 Å². The minimum Gasteiger partial charge on any atom is -0.389 e. The second-order valence-corrected chi connectivity index (χ2v) is 3.62. The SMILES string of the molecule is CN1NC2CC1C(O)C(O)C2O. The third-order valence-corrected chi connectivity index (χ3v) is 2.87. The van der Waals surface area contributed by atoms with Crippen LogP contribution >= 0.6 is 0 Å². The number of hydrogen-bond acceptors (Lipinski definition) is 5. The van der Waals surface area contributed by atoms with Crippen LogP contribution in [0.15, 0.2) is 0 Å². The fourth-order valence-corrected chi connectivity index (χ4v) is 2.08. The van der Waals surface area contributed by atoms with Gasteiger partial charge >= 0.3 is 0 Å². The molecule has 0 aromatic carbocycles. The van der Waals surface area contributed by atoms with Crippen LogP contribution in [0.25, 0.3) is 0 Å². The first-order valence-electron chi connectivity index (χ1n) is 4.14. The van der Waals surface area contributed by atoms with E-state index in [0.29, 0.717) is 6.42 Å². The summed E-state index contributed by atoms with van der Waals surface area (Å²) in [6.45, 7) is 0. The molecule has 1 saturated heterocycles. The highest BCUT2D eigenvalue weighted by molar-refractivity contribution is 5.02. The van der Waals surface area contributed by atoms with Gasteiger partial charge in [-0.05, 0) is 6.42 Å². The van der Waals surface area contributed by atoms with Gasteiger partial charge in [-0.25, -0.2) is 10.4 Å². The molecule has 2 aliphatic rings. The molecule has 1 saturated carbocycles. The summed E-state index contributed by atoms with van der Waals surface area (Å²) in [6, 6.07) is -0.188. The van der Waals surface area contributed by atoms with Crippen molar-refractivity contribution in [2.24, 2.45) is 0 Å². The fourth-order valence-electron chi connectivity index (χ4n) is 2.08. The van der Waals surface area contributed by atoms with Gasteiger partial charge in [0.05, 0.1) is 24.3 Å². The van der Waals surface area contributed by atoms with Crippen LogP contribution in [0, 0.1) is 0 Å². The Kier molecular flexibility index (Phi) is 1.85. The van der Waals surface area contributed by atoms with Crippen molar-refractivity contribution in [2.45, 2.75) is 36.8 Å². The molecule has 5 heteroatoms. The van der Waals surface area contributed by atoms with E-state index in [1.54, 1.807) is 12.1 Å². The number of aliphatic hydroxyl groups excluding tert-OH is 3. The fraction of sp³-hybridized carbons (Fsp3) is 1.00. The minimum atomic E-state index is -1.02. The first kappa shape index (κ1) is 8.40.